The molecule has 0 aliphatic carbocycles. The van der Waals surface area contributed by atoms with Crippen molar-refractivity contribution in [3.05, 3.63) is 71.0 Å². The zero-order chi connectivity index (χ0) is 22.0. The van der Waals surface area contributed by atoms with E-state index in [9.17, 15) is 9.59 Å². The Hall–Kier alpha value is -3.80. The summed E-state index contributed by atoms with van der Waals surface area (Å²) in [5.41, 5.74) is 6.92. The molecule has 0 saturated heterocycles. The highest BCUT2D eigenvalue weighted by atomic mass is 16.5. The van der Waals surface area contributed by atoms with Gasteiger partial charge in [0.2, 0.25) is 0 Å². The van der Waals surface area contributed by atoms with Gasteiger partial charge in [-0.3, -0.25) is 9.59 Å². The standard InChI is InChI=1S/C25H24N2O4/c1-3-31-19-6-4-5-16(11-19)17-7-9-20-21(25(30)27-23(20)12-17)13-22-15(2)18(14-26-22)8-10-24(28)29/h4-7,9,11-14,26H,3,8,10H2,1-2H3,(H,27,30)(H,28,29)/b21-13-. The topological polar surface area (TPSA) is 91.4 Å². The molecule has 0 saturated carbocycles. The molecule has 0 bridgehead atoms. The normalized spacial score (nSPS) is 13.9. The van der Waals surface area contributed by atoms with Crippen LogP contribution in [0, 0.1) is 6.92 Å². The highest BCUT2D eigenvalue weighted by Crippen LogP contribution is 2.37. The molecule has 2 aromatic carbocycles. The Bertz CT molecular complexity index is 1190. The highest BCUT2D eigenvalue weighted by molar-refractivity contribution is 6.35. The Morgan fingerprint density at radius 3 is 2.74 bits per heavy atom. The fourth-order valence-corrected chi connectivity index (χ4v) is 3.80. The van der Waals surface area contributed by atoms with Crippen molar-refractivity contribution in [3.8, 4) is 16.9 Å². The molecule has 0 spiro atoms. The fourth-order valence-electron chi connectivity index (χ4n) is 3.80. The van der Waals surface area contributed by atoms with Crippen molar-refractivity contribution >= 4 is 29.2 Å². The van der Waals surface area contributed by atoms with Crippen molar-refractivity contribution in [2.75, 3.05) is 11.9 Å². The Kier molecular flexibility index (Phi) is 5.62. The maximum atomic E-state index is 12.7. The highest BCUT2D eigenvalue weighted by Gasteiger charge is 2.25. The number of aromatic amines is 1. The first-order valence-corrected chi connectivity index (χ1v) is 10.3. The molecular formula is C25H24N2O4. The average Bonchev–Trinajstić information content (AvgIpc) is 3.26. The molecule has 1 amide bonds. The molecule has 3 N–H and O–H groups in total. The fraction of sp³-hybridized carbons (Fsp3) is 0.200. The second-order valence-corrected chi connectivity index (χ2v) is 7.48. The van der Waals surface area contributed by atoms with Crippen LogP contribution in [0.15, 0.2) is 48.7 Å². The molecule has 3 aromatic rings. The minimum atomic E-state index is -0.827. The van der Waals surface area contributed by atoms with Crippen LogP contribution in [0.4, 0.5) is 5.69 Å². The quantitative estimate of drug-likeness (QED) is 0.478. The minimum Gasteiger partial charge on any atom is -0.494 e. The number of hydrogen-bond acceptors (Lipinski definition) is 3. The van der Waals surface area contributed by atoms with Gasteiger partial charge < -0.3 is 20.1 Å². The predicted octanol–water partition coefficient (Wildman–Crippen LogP) is 4.90. The second-order valence-electron chi connectivity index (χ2n) is 7.48. The first-order chi connectivity index (χ1) is 15.0. The van der Waals surface area contributed by atoms with Crippen LogP contribution in [0.2, 0.25) is 0 Å². The van der Waals surface area contributed by atoms with Gasteiger partial charge >= 0.3 is 5.97 Å². The summed E-state index contributed by atoms with van der Waals surface area (Å²) in [5.74, 6) is -0.172. The number of carbonyl (C=O) groups excluding carboxylic acids is 1. The van der Waals surface area contributed by atoms with Gasteiger partial charge in [-0.1, -0.05) is 24.3 Å². The third-order valence-corrected chi connectivity index (χ3v) is 5.47. The maximum absolute atomic E-state index is 12.7. The smallest absolute Gasteiger partial charge is 0.303 e. The van der Waals surface area contributed by atoms with Gasteiger partial charge in [0.05, 0.1) is 12.2 Å². The summed E-state index contributed by atoms with van der Waals surface area (Å²) in [4.78, 5) is 26.7. The number of rotatable bonds is 7. The summed E-state index contributed by atoms with van der Waals surface area (Å²) in [5, 5.41) is 11.9. The number of ether oxygens (including phenoxy) is 1. The van der Waals surface area contributed by atoms with Gasteiger partial charge in [-0.2, -0.15) is 0 Å². The molecule has 6 heteroatoms. The van der Waals surface area contributed by atoms with Crippen LogP contribution in [-0.4, -0.2) is 28.6 Å². The van der Waals surface area contributed by atoms with Gasteiger partial charge in [0.1, 0.15) is 5.75 Å². The predicted molar refractivity (Wildman–Crippen MR) is 121 cm³/mol. The zero-order valence-electron chi connectivity index (χ0n) is 17.5. The van der Waals surface area contributed by atoms with Gasteiger partial charge in [0, 0.05) is 29.6 Å². The molecule has 1 aromatic heterocycles. The molecule has 1 aliphatic rings. The lowest BCUT2D eigenvalue weighted by atomic mass is 9.99. The number of aryl methyl sites for hydroxylation is 1. The zero-order valence-corrected chi connectivity index (χ0v) is 17.5. The number of benzene rings is 2. The van der Waals surface area contributed by atoms with Crippen molar-refractivity contribution in [1.82, 2.24) is 4.98 Å². The Morgan fingerprint density at radius 1 is 1.16 bits per heavy atom. The summed E-state index contributed by atoms with van der Waals surface area (Å²) in [6.07, 6.45) is 4.17. The minimum absolute atomic E-state index is 0.0747. The van der Waals surface area contributed by atoms with Crippen LogP contribution < -0.4 is 10.1 Å². The molecule has 1 aliphatic heterocycles. The van der Waals surface area contributed by atoms with Crippen LogP contribution in [0.25, 0.3) is 22.8 Å². The lowest BCUT2D eigenvalue weighted by molar-refractivity contribution is -0.137. The van der Waals surface area contributed by atoms with Crippen LogP contribution >= 0.6 is 0 Å². The Labute approximate surface area is 180 Å². The number of aromatic nitrogens is 1. The van der Waals surface area contributed by atoms with Crippen molar-refractivity contribution in [3.63, 3.8) is 0 Å². The number of amides is 1. The van der Waals surface area contributed by atoms with Gasteiger partial charge in [-0.25, -0.2) is 0 Å². The van der Waals surface area contributed by atoms with Crippen molar-refractivity contribution in [2.24, 2.45) is 0 Å². The van der Waals surface area contributed by atoms with Gasteiger partial charge in [-0.15, -0.1) is 0 Å². The van der Waals surface area contributed by atoms with E-state index in [-0.39, 0.29) is 12.3 Å². The van der Waals surface area contributed by atoms with E-state index in [1.54, 1.807) is 0 Å². The van der Waals surface area contributed by atoms with Crippen LogP contribution in [0.5, 0.6) is 5.75 Å². The second kappa shape index (κ2) is 8.52. The van der Waals surface area contributed by atoms with Gasteiger partial charge in [0.25, 0.3) is 5.91 Å². The molecule has 0 radical (unpaired) electrons. The van der Waals surface area contributed by atoms with E-state index in [0.29, 0.717) is 18.6 Å². The molecule has 0 unspecified atom stereocenters. The number of H-pyrrole nitrogens is 1. The van der Waals surface area contributed by atoms with E-state index in [4.69, 9.17) is 9.84 Å². The summed E-state index contributed by atoms with van der Waals surface area (Å²) >= 11 is 0. The lowest BCUT2D eigenvalue weighted by Crippen LogP contribution is -2.03. The number of aliphatic carboxylic acids is 1. The molecular weight excluding hydrogens is 392 g/mol. The number of carbonyl (C=O) groups is 2. The molecule has 6 nitrogen and oxygen atoms in total. The number of hydrogen-bond donors (Lipinski definition) is 3. The molecule has 0 atom stereocenters. The third kappa shape index (κ3) is 4.23. The maximum Gasteiger partial charge on any atom is 0.303 e. The molecule has 4 rings (SSSR count). The average molecular weight is 416 g/mol. The van der Waals surface area contributed by atoms with Crippen molar-refractivity contribution in [1.29, 1.82) is 0 Å². The Morgan fingerprint density at radius 2 is 1.97 bits per heavy atom. The number of nitrogens with one attached hydrogen (secondary N) is 2. The molecule has 0 fully saturated rings. The summed E-state index contributed by atoms with van der Waals surface area (Å²) in [6, 6.07) is 13.8. The number of carboxylic acid groups (broad SMARTS) is 1. The third-order valence-electron chi connectivity index (χ3n) is 5.47. The first kappa shape index (κ1) is 20.5. The van der Waals surface area contributed by atoms with E-state index >= 15 is 0 Å². The SMILES string of the molecule is CCOc1cccc(-c2ccc3c(c2)NC(=O)/C3=C\c2[nH]cc(CCC(=O)O)c2C)c1. The van der Waals surface area contributed by atoms with Crippen LogP contribution in [0.3, 0.4) is 0 Å². The van der Waals surface area contributed by atoms with E-state index in [1.165, 1.54) is 0 Å². The van der Waals surface area contributed by atoms with Crippen LogP contribution in [0.1, 0.15) is 35.7 Å². The van der Waals surface area contributed by atoms with E-state index in [0.717, 1.165) is 44.9 Å². The van der Waals surface area contributed by atoms with E-state index in [2.05, 4.69) is 10.3 Å². The van der Waals surface area contributed by atoms with E-state index in [1.807, 2.05) is 68.6 Å². The number of fused-ring (bicyclic) bond motifs is 1. The van der Waals surface area contributed by atoms with Gasteiger partial charge in [0.15, 0.2) is 0 Å². The number of anilines is 1. The molecule has 2 heterocycles. The monoisotopic (exact) mass is 416 g/mol. The van der Waals surface area contributed by atoms with E-state index < -0.39 is 5.97 Å². The summed E-state index contributed by atoms with van der Waals surface area (Å²) in [7, 11) is 0. The van der Waals surface area contributed by atoms with Crippen molar-refractivity contribution in [2.45, 2.75) is 26.7 Å². The largest absolute Gasteiger partial charge is 0.494 e. The first-order valence-electron chi connectivity index (χ1n) is 10.3. The number of carboxylic acids is 1. The Balaban J connectivity index is 1.64. The summed E-state index contributed by atoms with van der Waals surface area (Å²) in [6.45, 7) is 4.49. The molecule has 31 heavy (non-hydrogen) atoms. The molecule has 158 valence electrons. The lowest BCUT2D eigenvalue weighted by Gasteiger charge is -2.08. The van der Waals surface area contributed by atoms with Gasteiger partial charge in [-0.05, 0) is 66.8 Å². The summed E-state index contributed by atoms with van der Waals surface area (Å²) < 4.78 is 5.59. The van der Waals surface area contributed by atoms with Crippen molar-refractivity contribution < 1.29 is 19.4 Å². The van der Waals surface area contributed by atoms with Crippen LogP contribution in [-0.2, 0) is 16.0 Å².